The van der Waals surface area contributed by atoms with Crippen LogP contribution in [0.1, 0.15) is 5.56 Å². The highest BCUT2D eigenvalue weighted by molar-refractivity contribution is 5.14. The van der Waals surface area contributed by atoms with Crippen LogP contribution in [0.2, 0.25) is 0 Å². The molecule has 78 valence electrons. The van der Waals surface area contributed by atoms with Gasteiger partial charge < -0.3 is 10.2 Å². The normalized spacial score (nSPS) is 10.8. The van der Waals surface area contributed by atoms with Crippen molar-refractivity contribution in [1.29, 1.82) is 0 Å². The van der Waals surface area contributed by atoms with E-state index in [0.29, 0.717) is 0 Å². The minimum Gasteiger partial charge on any atom is -0.318 e. The Hall–Kier alpha value is -0.860. The van der Waals surface area contributed by atoms with Gasteiger partial charge in [-0.2, -0.15) is 0 Å². The molecule has 2 nitrogen and oxygen atoms in total. The van der Waals surface area contributed by atoms with Gasteiger partial charge in [0.15, 0.2) is 0 Å². The molecule has 0 amide bonds. The van der Waals surface area contributed by atoms with E-state index in [1.807, 2.05) is 7.05 Å². The quantitative estimate of drug-likeness (QED) is 0.732. The Balaban J connectivity index is 2.20. The van der Waals surface area contributed by atoms with Crippen molar-refractivity contribution < 1.29 is 0 Å². The van der Waals surface area contributed by atoms with Gasteiger partial charge in [0.25, 0.3) is 0 Å². The smallest absolute Gasteiger partial charge is 0.0104 e. The number of hydrogen-bond donors (Lipinski definition) is 1. The Bertz CT molecular complexity index is 233. The summed E-state index contributed by atoms with van der Waals surface area (Å²) >= 11 is 0. The molecule has 0 atom stereocenters. The number of nitrogens with zero attached hydrogens (tertiary/aromatic N) is 1. The summed E-state index contributed by atoms with van der Waals surface area (Å²) in [6.45, 7) is 3.31. The fourth-order valence-electron chi connectivity index (χ4n) is 1.38. The van der Waals surface area contributed by atoms with Crippen LogP contribution in [0.3, 0.4) is 0 Å². The number of hydrogen-bond acceptors (Lipinski definition) is 2. The van der Waals surface area contributed by atoms with Crippen molar-refractivity contribution in [3.8, 4) is 0 Å². The van der Waals surface area contributed by atoms with E-state index in [9.17, 15) is 0 Å². The van der Waals surface area contributed by atoms with Crippen LogP contribution in [-0.4, -0.2) is 38.6 Å². The fourth-order valence-corrected chi connectivity index (χ4v) is 1.38. The molecule has 0 aliphatic carbocycles. The van der Waals surface area contributed by atoms with Gasteiger partial charge in [0.05, 0.1) is 0 Å². The average Bonchev–Trinajstić information content (AvgIpc) is 2.25. The molecule has 0 spiro atoms. The maximum Gasteiger partial charge on any atom is 0.0104 e. The monoisotopic (exact) mass is 192 g/mol. The van der Waals surface area contributed by atoms with Gasteiger partial charge in [-0.05, 0) is 26.1 Å². The van der Waals surface area contributed by atoms with Crippen molar-refractivity contribution in [2.45, 2.75) is 6.42 Å². The maximum absolute atomic E-state index is 3.16. The lowest BCUT2D eigenvalue weighted by atomic mass is 10.1. The van der Waals surface area contributed by atoms with Crippen molar-refractivity contribution in [3.05, 3.63) is 35.9 Å². The Kier molecular flexibility index (Phi) is 5.27. The van der Waals surface area contributed by atoms with Crippen molar-refractivity contribution in [3.63, 3.8) is 0 Å². The summed E-state index contributed by atoms with van der Waals surface area (Å²) in [7, 11) is 4.16. The lowest BCUT2D eigenvalue weighted by molar-refractivity contribution is 0.339. The molecule has 0 radical (unpaired) electrons. The van der Waals surface area contributed by atoms with E-state index in [1.165, 1.54) is 5.56 Å². The van der Waals surface area contributed by atoms with E-state index in [1.54, 1.807) is 0 Å². The molecule has 0 aromatic heterocycles. The molecule has 1 aromatic carbocycles. The highest BCUT2D eigenvalue weighted by atomic mass is 15.1. The molecule has 2 heteroatoms. The van der Waals surface area contributed by atoms with E-state index < -0.39 is 0 Å². The predicted molar refractivity (Wildman–Crippen MR) is 61.6 cm³/mol. The SMILES string of the molecule is CNCCN(C)CCc1ccccc1. The molecule has 0 heterocycles. The molecular formula is C12H20N2. The average molecular weight is 192 g/mol. The molecule has 0 fully saturated rings. The van der Waals surface area contributed by atoms with Gasteiger partial charge in [0, 0.05) is 19.6 Å². The number of likely N-dealkylation sites (N-methyl/N-ethyl adjacent to an activating group) is 2. The fraction of sp³-hybridized carbons (Fsp3) is 0.500. The molecule has 0 saturated heterocycles. The van der Waals surface area contributed by atoms with Gasteiger partial charge in [-0.1, -0.05) is 30.3 Å². The van der Waals surface area contributed by atoms with E-state index in [0.717, 1.165) is 26.1 Å². The molecule has 1 rings (SSSR count). The predicted octanol–water partition coefficient (Wildman–Crippen LogP) is 1.38. The largest absolute Gasteiger partial charge is 0.318 e. The highest BCUT2D eigenvalue weighted by Gasteiger charge is 1.97. The third-order valence-corrected chi connectivity index (χ3v) is 2.37. The standard InChI is InChI=1S/C12H20N2/c1-13-9-11-14(2)10-8-12-6-4-3-5-7-12/h3-7,13H,8-11H2,1-2H3. The van der Waals surface area contributed by atoms with Crippen LogP contribution in [0.25, 0.3) is 0 Å². The van der Waals surface area contributed by atoms with E-state index in [2.05, 4.69) is 47.6 Å². The van der Waals surface area contributed by atoms with Crippen molar-refractivity contribution in [2.24, 2.45) is 0 Å². The van der Waals surface area contributed by atoms with Crippen LogP contribution < -0.4 is 5.32 Å². The Morgan fingerprint density at radius 3 is 2.50 bits per heavy atom. The zero-order chi connectivity index (χ0) is 10.2. The zero-order valence-corrected chi connectivity index (χ0v) is 9.16. The van der Waals surface area contributed by atoms with Crippen LogP contribution in [0.4, 0.5) is 0 Å². The highest BCUT2D eigenvalue weighted by Crippen LogP contribution is 1.99. The molecule has 0 unspecified atom stereocenters. The molecule has 0 aliphatic rings. The summed E-state index contributed by atoms with van der Waals surface area (Å²) < 4.78 is 0. The zero-order valence-electron chi connectivity index (χ0n) is 9.16. The first-order chi connectivity index (χ1) is 6.83. The Morgan fingerprint density at radius 2 is 1.86 bits per heavy atom. The second kappa shape index (κ2) is 6.57. The molecule has 0 aliphatic heterocycles. The van der Waals surface area contributed by atoms with Gasteiger partial charge >= 0.3 is 0 Å². The third kappa shape index (κ3) is 4.40. The summed E-state index contributed by atoms with van der Waals surface area (Å²) in [5.74, 6) is 0. The summed E-state index contributed by atoms with van der Waals surface area (Å²) in [6, 6.07) is 10.6. The number of nitrogens with one attached hydrogen (secondary N) is 1. The molecule has 14 heavy (non-hydrogen) atoms. The summed E-state index contributed by atoms with van der Waals surface area (Å²) in [4.78, 5) is 2.35. The summed E-state index contributed by atoms with van der Waals surface area (Å²) in [5.41, 5.74) is 1.42. The Morgan fingerprint density at radius 1 is 1.14 bits per heavy atom. The van der Waals surface area contributed by atoms with E-state index in [4.69, 9.17) is 0 Å². The molecular weight excluding hydrogens is 172 g/mol. The molecule has 0 bridgehead atoms. The van der Waals surface area contributed by atoms with Gasteiger partial charge in [0.2, 0.25) is 0 Å². The third-order valence-electron chi connectivity index (χ3n) is 2.37. The summed E-state index contributed by atoms with van der Waals surface area (Å²) in [6.07, 6.45) is 1.14. The van der Waals surface area contributed by atoms with Gasteiger partial charge in [-0.15, -0.1) is 0 Å². The van der Waals surface area contributed by atoms with Crippen molar-refractivity contribution in [1.82, 2.24) is 10.2 Å². The second-order valence-electron chi connectivity index (χ2n) is 3.64. The topological polar surface area (TPSA) is 15.3 Å². The van der Waals surface area contributed by atoms with Gasteiger partial charge in [-0.25, -0.2) is 0 Å². The molecule has 1 aromatic rings. The van der Waals surface area contributed by atoms with Crippen LogP contribution in [-0.2, 0) is 6.42 Å². The minimum absolute atomic E-state index is 1.06. The first kappa shape index (κ1) is 11.2. The molecule has 0 saturated carbocycles. The van der Waals surface area contributed by atoms with Crippen LogP contribution in [0, 0.1) is 0 Å². The van der Waals surface area contributed by atoms with Crippen LogP contribution >= 0.6 is 0 Å². The van der Waals surface area contributed by atoms with E-state index >= 15 is 0 Å². The molecule has 1 N–H and O–H groups in total. The lowest BCUT2D eigenvalue weighted by Gasteiger charge is -2.15. The lowest BCUT2D eigenvalue weighted by Crippen LogP contribution is -2.29. The van der Waals surface area contributed by atoms with E-state index in [-0.39, 0.29) is 0 Å². The summed E-state index contributed by atoms with van der Waals surface area (Å²) in [5, 5.41) is 3.16. The van der Waals surface area contributed by atoms with Gasteiger partial charge in [-0.3, -0.25) is 0 Å². The Labute approximate surface area is 86.9 Å². The van der Waals surface area contributed by atoms with Crippen LogP contribution in [0.5, 0.6) is 0 Å². The second-order valence-corrected chi connectivity index (χ2v) is 3.64. The first-order valence-electron chi connectivity index (χ1n) is 5.20. The van der Waals surface area contributed by atoms with Gasteiger partial charge in [0.1, 0.15) is 0 Å². The number of rotatable bonds is 6. The first-order valence-corrected chi connectivity index (χ1v) is 5.20. The van der Waals surface area contributed by atoms with Crippen molar-refractivity contribution in [2.75, 3.05) is 33.7 Å². The minimum atomic E-state index is 1.06. The van der Waals surface area contributed by atoms with Crippen LogP contribution in [0.15, 0.2) is 30.3 Å². The maximum atomic E-state index is 3.16. The van der Waals surface area contributed by atoms with Crippen molar-refractivity contribution >= 4 is 0 Å². The number of benzene rings is 1.